The summed E-state index contributed by atoms with van der Waals surface area (Å²) < 4.78 is 18.9. The topological polar surface area (TPSA) is 87.5 Å². The predicted molar refractivity (Wildman–Crippen MR) is 146 cm³/mol. The maximum Gasteiger partial charge on any atom is 0.338 e. The van der Waals surface area contributed by atoms with Crippen molar-refractivity contribution in [2.24, 2.45) is 0 Å². The molecule has 1 aliphatic heterocycles. The van der Waals surface area contributed by atoms with Crippen molar-refractivity contribution in [3.63, 3.8) is 0 Å². The van der Waals surface area contributed by atoms with Gasteiger partial charge < -0.3 is 19.5 Å². The van der Waals surface area contributed by atoms with Crippen LogP contribution in [0.4, 0.5) is 5.95 Å². The first-order valence-electron chi connectivity index (χ1n) is 12.3. The summed E-state index contributed by atoms with van der Waals surface area (Å²) in [5.41, 5.74) is 2.93. The Morgan fingerprint density at radius 2 is 1.92 bits per heavy atom. The van der Waals surface area contributed by atoms with Gasteiger partial charge in [0.2, 0.25) is 11.1 Å². The van der Waals surface area contributed by atoms with E-state index in [0.29, 0.717) is 57.9 Å². The number of carbonyl (C=O) groups is 1. The van der Waals surface area contributed by atoms with Crippen molar-refractivity contribution in [3.05, 3.63) is 69.9 Å². The van der Waals surface area contributed by atoms with Gasteiger partial charge in [-0.2, -0.15) is 4.98 Å². The molecule has 0 aliphatic carbocycles. The van der Waals surface area contributed by atoms with Gasteiger partial charge in [0.15, 0.2) is 11.5 Å². The van der Waals surface area contributed by atoms with Crippen molar-refractivity contribution in [2.45, 2.75) is 51.1 Å². The smallest absolute Gasteiger partial charge is 0.338 e. The fourth-order valence-electron chi connectivity index (χ4n) is 4.03. The lowest BCUT2D eigenvalue weighted by Gasteiger charge is -2.28. The highest BCUT2D eigenvalue weighted by Gasteiger charge is 2.35. The maximum atomic E-state index is 13.1. The fraction of sp³-hybridized carbons (Fsp3) is 0.370. The molecule has 1 unspecified atom stereocenters. The first-order valence-corrected chi connectivity index (χ1v) is 13.7. The lowest BCUT2D eigenvalue weighted by atomic mass is 9.95. The standard InChI is InChI=1S/C27H31ClN4O4S/c1-5-14-36-21-13-12-18(15-22(21)34-6-2)24-23(25(33)35-7-3)17(4)29-26-30-27(31-32(24)26)37-16-19-10-8-9-11-20(19)28/h8-13,15,24H,5-7,14,16H2,1-4H3,(H,29,30,31). The number of esters is 1. The van der Waals surface area contributed by atoms with E-state index in [1.165, 1.54) is 11.8 Å². The lowest BCUT2D eigenvalue weighted by Crippen LogP contribution is -2.29. The minimum absolute atomic E-state index is 0.263. The lowest BCUT2D eigenvalue weighted by molar-refractivity contribution is -0.139. The molecule has 0 spiro atoms. The van der Waals surface area contributed by atoms with E-state index in [1.807, 2.05) is 56.3 Å². The van der Waals surface area contributed by atoms with Crippen molar-refractivity contribution in [1.29, 1.82) is 0 Å². The monoisotopic (exact) mass is 542 g/mol. The third kappa shape index (κ3) is 6.05. The van der Waals surface area contributed by atoms with Gasteiger partial charge in [-0.15, -0.1) is 5.10 Å². The van der Waals surface area contributed by atoms with Gasteiger partial charge in [0.05, 0.1) is 25.4 Å². The molecule has 4 rings (SSSR count). The molecule has 3 aromatic rings. The summed E-state index contributed by atoms with van der Waals surface area (Å²) in [5, 5.41) is 9.28. The highest BCUT2D eigenvalue weighted by atomic mass is 35.5. The Morgan fingerprint density at radius 3 is 2.65 bits per heavy atom. The quantitative estimate of drug-likeness (QED) is 0.224. The summed E-state index contributed by atoms with van der Waals surface area (Å²) in [6.07, 6.45) is 0.882. The minimum Gasteiger partial charge on any atom is -0.490 e. The number of carbonyl (C=O) groups excluding carboxylic acids is 1. The van der Waals surface area contributed by atoms with Crippen molar-refractivity contribution in [3.8, 4) is 11.5 Å². The summed E-state index contributed by atoms with van der Waals surface area (Å²) in [5.74, 6) is 2.02. The zero-order valence-electron chi connectivity index (χ0n) is 21.4. The largest absolute Gasteiger partial charge is 0.490 e. The van der Waals surface area contributed by atoms with E-state index in [-0.39, 0.29) is 6.61 Å². The molecule has 37 heavy (non-hydrogen) atoms. The SMILES string of the molecule is CCCOc1ccc(C2C(C(=O)OCC)=C(C)Nc3nc(SCc4ccccc4Cl)nn32)cc1OCC. The molecular formula is C27H31ClN4O4S. The highest BCUT2D eigenvalue weighted by molar-refractivity contribution is 7.98. The summed E-state index contributed by atoms with van der Waals surface area (Å²) in [4.78, 5) is 17.8. The molecule has 1 aromatic heterocycles. The number of ether oxygens (including phenoxy) is 3. The van der Waals surface area contributed by atoms with Crippen LogP contribution in [0, 0.1) is 0 Å². The average Bonchev–Trinajstić information content (AvgIpc) is 3.29. The Hall–Kier alpha value is -3.17. The number of nitrogens with one attached hydrogen (secondary N) is 1. The average molecular weight is 543 g/mol. The summed E-state index contributed by atoms with van der Waals surface area (Å²) in [6, 6.07) is 12.8. The Morgan fingerprint density at radius 1 is 1.11 bits per heavy atom. The molecule has 1 atom stereocenters. The molecule has 196 valence electrons. The second-order valence-corrected chi connectivity index (χ2v) is 9.67. The third-order valence-electron chi connectivity index (χ3n) is 5.69. The van der Waals surface area contributed by atoms with Gasteiger partial charge in [0.25, 0.3) is 0 Å². The van der Waals surface area contributed by atoms with Crippen LogP contribution in [0.2, 0.25) is 5.02 Å². The fourth-order valence-corrected chi connectivity index (χ4v) is 5.14. The van der Waals surface area contributed by atoms with Gasteiger partial charge in [0, 0.05) is 16.5 Å². The first kappa shape index (κ1) is 26.9. The van der Waals surface area contributed by atoms with Crippen LogP contribution in [0.3, 0.4) is 0 Å². The Bertz CT molecular complexity index is 1290. The number of hydrogen-bond acceptors (Lipinski definition) is 8. The normalized spacial score (nSPS) is 14.7. The highest BCUT2D eigenvalue weighted by Crippen LogP contribution is 2.40. The van der Waals surface area contributed by atoms with Crippen LogP contribution < -0.4 is 14.8 Å². The Labute approximate surface area is 226 Å². The van der Waals surface area contributed by atoms with Crippen molar-refractivity contribution >= 4 is 35.3 Å². The van der Waals surface area contributed by atoms with Crippen LogP contribution in [-0.4, -0.2) is 40.6 Å². The van der Waals surface area contributed by atoms with Crippen LogP contribution in [0.25, 0.3) is 0 Å². The number of hydrogen-bond donors (Lipinski definition) is 1. The number of fused-ring (bicyclic) bond motifs is 1. The van der Waals surface area contributed by atoms with E-state index < -0.39 is 12.0 Å². The summed E-state index contributed by atoms with van der Waals surface area (Å²) >= 11 is 7.81. The molecule has 10 heteroatoms. The van der Waals surface area contributed by atoms with Gasteiger partial charge in [0.1, 0.15) is 6.04 Å². The molecule has 0 amide bonds. The van der Waals surface area contributed by atoms with Crippen molar-refractivity contribution in [2.75, 3.05) is 25.1 Å². The molecule has 8 nitrogen and oxygen atoms in total. The molecule has 0 saturated heterocycles. The van der Waals surface area contributed by atoms with E-state index in [4.69, 9.17) is 35.9 Å². The number of halogens is 1. The number of aromatic nitrogens is 3. The van der Waals surface area contributed by atoms with Crippen LogP contribution in [-0.2, 0) is 15.3 Å². The predicted octanol–water partition coefficient (Wildman–Crippen LogP) is 6.26. The van der Waals surface area contributed by atoms with Crippen molar-refractivity contribution < 1.29 is 19.0 Å². The molecule has 1 aliphatic rings. The van der Waals surface area contributed by atoms with Gasteiger partial charge in [-0.1, -0.05) is 54.6 Å². The second kappa shape index (κ2) is 12.4. The van der Waals surface area contributed by atoms with E-state index in [1.54, 1.807) is 11.6 Å². The van der Waals surface area contributed by atoms with Gasteiger partial charge in [-0.05, 0) is 56.5 Å². The zero-order valence-corrected chi connectivity index (χ0v) is 23.0. The number of benzene rings is 2. The molecule has 0 radical (unpaired) electrons. The van der Waals surface area contributed by atoms with Crippen LogP contribution in [0.1, 0.15) is 51.3 Å². The summed E-state index contributed by atoms with van der Waals surface area (Å²) in [6.45, 7) is 8.93. The Kier molecular flexibility index (Phi) is 9.00. The third-order valence-corrected chi connectivity index (χ3v) is 6.94. The zero-order chi connectivity index (χ0) is 26.4. The van der Waals surface area contributed by atoms with E-state index >= 15 is 0 Å². The number of anilines is 1. The second-order valence-electron chi connectivity index (χ2n) is 8.32. The Balaban J connectivity index is 1.73. The minimum atomic E-state index is -0.558. The molecule has 1 N–H and O–H groups in total. The molecular weight excluding hydrogens is 512 g/mol. The van der Waals surface area contributed by atoms with Gasteiger partial charge in [-0.25, -0.2) is 9.48 Å². The van der Waals surface area contributed by atoms with E-state index in [9.17, 15) is 4.79 Å². The van der Waals surface area contributed by atoms with Gasteiger partial charge in [-0.3, -0.25) is 0 Å². The van der Waals surface area contributed by atoms with Crippen LogP contribution >= 0.6 is 23.4 Å². The molecule has 0 bridgehead atoms. The molecule has 0 fully saturated rings. The number of nitrogens with zero attached hydrogens (tertiary/aromatic N) is 3. The summed E-state index contributed by atoms with van der Waals surface area (Å²) in [7, 11) is 0. The van der Waals surface area contributed by atoms with E-state index in [2.05, 4.69) is 12.2 Å². The molecule has 2 heterocycles. The van der Waals surface area contributed by atoms with Crippen molar-refractivity contribution in [1.82, 2.24) is 14.8 Å². The first-order chi connectivity index (χ1) is 18.0. The number of allylic oxidation sites excluding steroid dienone is 1. The van der Waals surface area contributed by atoms with Crippen LogP contribution in [0.15, 0.2) is 58.9 Å². The molecule has 2 aromatic carbocycles. The van der Waals surface area contributed by atoms with Gasteiger partial charge >= 0.3 is 5.97 Å². The number of rotatable bonds is 11. The maximum absolute atomic E-state index is 13.1. The molecule has 0 saturated carbocycles. The van der Waals surface area contributed by atoms with Crippen LogP contribution in [0.5, 0.6) is 11.5 Å². The van der Waals surface area contributed by atoms with E-state index in [0.717, 1.165) is 17.5 Å². The number of thioether (sulfide) groups is 1.